The molecule has 0 aliphatic heterocycles. The molecule has 0 fully saturated rings. The Balaban J connectivity index is 2.79. The molecule has 0 unspecified atom stereocenters. The van der Waals surface area contributed by atoms with Crippen LogP contribution < -0.4 is 0 Å². The van der Waals surface area contributed by atoms with Crippen molar-refractivity contribution >= 4 is 29.2 Å². The first-order valence-electron chi connectivity index (χ1n) is 5.31. The summed E-state index contributed by atoms with van der Waals surface area (Å²) in [6.07, 6.45) is 0.881. The van der Waals surface area contributed by atoms with Crippen LogP contribution in [0.15, 0.2) is 24.5 Å². The molecule has 0 spiro atoms. The third kappa shape index (κ3) is 2.54. The summed E-state index contributed by atoms with van der Waals surface area (Å²) in [6.45, 7) is 0. The third-order valence-corrected chi connectivity index (χ3v) is 2.80. The van der Waals surface area contributed by atoms with Crippen LogP contribution in [0.25, 0.3) is 5.69 Å². The largest absolute Gasteiger partial charge is 0.476 e. The summed E-state index contributed by atoms with van der Waals surface area (Å²) in [5, 5.41) is 29.1. The molecule has 1 aromatic carbocycles. The molecule has 10 heteroatoms. The highest BCUT2D eigenvalue weighted by atomic mass is 35.5. The molecule has 0 aliphatic rings. The lowest BCUT2D eigenvalue weighted by Gasteiger charge is -2.07. The number of aromatic nitrogens is 2. The van der Waals surface area contributed by atoms with E-state index in [1.165, 1.54) is 6.07 Å². The second-order valence-corrected chi connectivity index (χ2v) is 4.25. The van der Waals surface area contributed by atoms with Gasteiger partial charge in [0, 0.05) is 11.1 Å². The number of carboxylic acid groups (broad SMARTS) is 2. The number of halogens is 1. The third-order valence-electron chi connectivity index (χ3n) is 2.57. The maximum Gasteiger partial charge on any atom is 0.357 e. The Kier molecular flexibility index (Phi) is 3.59. The summed E-state index contributed by atoms with van der Waals surface area (Å²) < 4.78 is 0.801. The summed E-state index contributed by atoms with van der Waals surface area (Å²) in [6, 6.07) is 3.50. The van der Waals surface area contributed by atoms with Crippen molar-refractivity contribution in [2.45, 2.75) is 0 Å². The van der Waals surface area contributed by atoms with Crippen LogP contribution in [0, 0.1) is 10.1 Å². The van der Waals surface area contributed by atoms with E-state index in [-0.39, 0.29) is 10.7 Å². The van der Waals surface area contributed by atoms with Crippen molar-refractivity contribution in [3.63, 3.8) is 0 Å². The van der Waals surface area contributed by atoms with Crippen molar-refractivity contribution < 1.29 is 24.7 Å². The van der Waals surface area contributed by atoms with Crippen molar-refractivity contribution in [3.05, 3.63) is 51.1 Å². The second kappa shape index (κ2) is 5.21. The Morgan fingerprint density at radius 2 is 1.95 bits per heavy atom. The van der Waals surface area contributed by atoms with Gasteiger partial charge in [-0.05, 0) is 12.1 Å². The molecule has 2 N–H and O–H groups in total. The lowest BCUT2D eigenvalue weighted by atomic mass is 10.2. The first kappa shape index (κ1) is 14.5. The fraction of sp³-hybridized carbons (Fsp3) is 0. The number of imidazole rings is 1. The van der Waals surface area contributed by atoms with E-state index in [1.54, 1.807) is 0 Å². The minimum absolute atomic E-state index is 0.123. The molecule has 0 amide bonds. The molecule has 0 aliphatic carbocycles. The van der Waals surface area contributed by atoms with Crippen LogP contribution in [0.2, 0.25) is 5.02 Å². The molecule has 0 saturated carbocycles. The zero-order chi connectivity index (χ0) is 15.7. The van der Waals surface area contributed by atoms with Gasteiger partial charge in [0.15, 0.2) is 11.4 Å². The first-order chi connectivity index (χ1) is 9.82. The molecule has 2 rings (SSSR count). The zero-order valence-corrected chi connectivity index (χ0v) is 10.8. The Bertz CT molecular complexity index is 769. The van der Waals surface area contributed by atoms with Gasteiger partial charge in [0.05, 0.1) is 4.92 Å². The standard InChI is InChI=1S/C11H6ClN3O6/c12-5-1-2-6(15(20)21)7(3-5)14-4-13-8(10(16)17)9(14)11(18)19/h1-4H,(H,16,17)(H,18,19). The number of aromatic carboxylic acids is 2. The number of hydrogen-bond donors (Lipinski definition) is 2. The Hall–Kier alpha value is -2.94. The van der Waals surface area contributed by atoms with E-state index in [0.717, 1.165) is 23.0 Å². The van der Waals surface area contributed by atoms with E-state index < -0.39 is 33.9 Å². The van der Waals surface area contributed by atoms with E-state index in [9.17, 15) is 19.7 Å². The predicted molar refractivity (Wildman–Crippen MR) is 69.1 cm³/mol. The number of carboxylic acids is 2. The number of carbonyl (C=O) groups is 2. The Morgan fingerprint density at radius 1 is 1.29 bits per heavy atom. The molecular formula is C11H6ClN3O6. The normalized spacial score (nSPS) is 10.3. The number of nitro groups is 1. The van der Waals surface area contributed by atoms with Crippen molar-refractivity contribution in [2.75, 3.05) is 0 Å². The molecule has 9 nitrogen and oxygen atoms in total. The van der Waals surface area contributed by atoms with Gasteiger partial charge in [-0.15, -0.1) is 0 Å². The highest BCUT2D eigenvalue weighted by Gasteiger charge is 2.27. The maximum absolute atomic E-state index is 11.2. The molecule has 108 valence electrons. The highest BCUT2D eigenvalue weighted by molar-refractivity contribution is 6.30. The molecule has 0 saturated heterocycles. The number of hydrogen-bond acceptors (Lipinski definition) is 5. The molecule has 0 atom stereocenters. The van der Waals surface area contributed by atoms with Crippen LogP contribution >= 0.6 is 11.6 Å². The average molecular weight is 312 g/mol. The first-order valence-corrected chi connectivity index (χ1v) is 5.69. The maximum atomic E-state index is 11.2. The second-order valence-electron chi connectivity index (χ2n) is 3.81. The highest BCUT2D eigenvalue weighted by Crippen LogP contribution is 2.28. The van der Waals surface area contributed by atoms with Crippen molar-refractivity contribution in [2.24, 2.45) is 0 Å². The van der Waals surface area contributed by atoms with Gasteiger partial charge in [-0.1, -0.05) is 11.6 Å². The Morgan fingerprint density at radius 3 is 2.48 bits per heavy atom. The molecule has 0 radical (unpaired) electrons. The quantitative estimate of drug-likeness (QED) is 0.649. The van der Waals surface area contributed by atoms with Gasteiger partial charge in [0.25, 0.3) is 5.69 Å². The van der Waals surface area contributed by atoms with E-state index in [2.05, 4.69) is 4.98 Å². The van der Waals surface area contributed by atoms with E-state index >= 15 is 0 Å². The van der Waals surface area contributed by atoms with Crippen molar-refractivity contribution in [1.82, 2.24) is 9.55 Å². The molecule has 21 heavy (non-hydrogen) atoms. The molecule has 2 aromatic rings. The van der Waals surface area contributed by atoms with Crippen LogP contribution in [0.3, 0.4) is 0 Å². The summed E-state index contributed by atoms with van der Waals surface area (Å²) in [4.78, 5) is 35.9. The van der Waals surface area contributed by atoms with Crippen LogP contribution in [0.1, 0.15) is 21.0 Å². The van der Waals surface area contributed by atoms with E-state index in [4.69, 9.17) is 21.8 Å². The predicted octanol–water partition coefficient (Wildman–Crippen LogP) is 1.83. The minimum atomic E-state index is -1.58. The van der Waals surface area contributed by atoms with Gasteiger partial charge in [0.1, 0.15) is 12.0 Å². The molecule has 1 aromatic heterocycles. The molecule has 0 bridgehead atoms. The van der Waals surface area contributed by atoms with Gasteiger partial charge < -0.3 is 10.2 Å². The van der Waals surface area contributed by atoms with Crippen LogP contribution in [-0.2, 0) is 0 Å². The summed E-state index contributed by atoms with van der Waals surface area (Å²) >= 11 is 5.75. The van der Waals surface area contributed by atoms with E-state index in [1.807, 2.05) is 0 Å². The lowest BCUT2D eigenvalue weighted by Crippen LogP contribution is -2.12. The van der Waals surface area contributed by atoms with Gasteiger partial charge in [-0.25, -0.2) is 14.6 Å². The summed E-state index contributed by atoms with van der Waals surface area (Å²) in [5.74, 6) is -3.14. The van der Waals surface area contributed by atoms with E-state index in [0.29, 0.717) is 0 Å². The van der Waals surface area contributed by atoms with Gasteiger partial charge in [-0.2, -0.15) is 0 Å². The summed E-state index contributed by atoms with van der Waals surface area (Å²) in [5.41, 5.74) is -2.05. The molecular weight excluding hydrogens is 306 g/mol. The zero-order valence-electron chi connectivity index (χ0n) is 10.1. The average Bonchev–Trinajstić information content (AvgIpc) is 2.82. The topological polar surface area (TPSA) is 136 Å². The number of nitro benzene ring substituents is 1. The fourth-order valence-corrected chi connectivity index (χ4v) is 1.90. The summed E-state index contributed by atoms with van der Waals surface area (Å²) in [7, 11) is 0. The number of rotatable bonds is 4. The van der Waals surface area contributed by atoms with Crippen LogP contribution in [-0.4, -0.2) is 36.6 Å². The SMILES string of the molecule is O=C(O)c1ncn(-c2cc(Cl)ccc2[N+](=O)[O-])c1C(=O)O. The van der Waals surface area contributed by atoms with Gasteiger partial charge >= 0.3 is 11.9 Å². The van der Waals surface area contributed by atoms with Crippen molar-refractivity contribution in [3.8, 4) is 5.69 Å². The minimum Gasteiger partial charge on any atom is -0.476 e. The van der Waals surface area contributed by atoms with Crippen molar-refractivity contribution in [1.29, 1.82) is 0 Å². The monoisotopic (exact) mass is 311 g/mol. The number of nitrogens with zero attached hydrogens (tertiary/aromatic N) is 3. The number of benzene rings is 1. The lowest BCUT2D eigenvalue weighted by molar-refractivity contribution is -0.384. The van der Waals surface area contributed by atoms with Gasteiger partial charge in [0.2, 0.25) is 0 Å². The Labute approximate surface area is 121 Å². The molecule has 1 heterocycles. The fourth-order valence-electron chi connectivity index (χ4n) is 1.74. The van der Waals surface area contributed by atoms with Crippen LogP contribution in [0.4, 0.5) is 5.69 Å². The van der Waals surface area contributed by atoms with Crippen LogP contribution in [0.5, 0.6) is 0 Å². The smallest absolute Gasteiger partial charge is 0.357 e. The van der Waals surface area contributed by atoms with Gasteiger partial charge in [-0.3, -0.25) is 14.7 Å².